The number of aryl methyl sites for hydroxylation is 2. The Morgan fingerprint density at radius 2 is 1.92 bits per heavy atom. The number of amides is 1. The molecule has 202 valence electrons. The number of fused-ring (bicyclic) bond motifs is 1. The lowest BCUT2D eigenvalue weighted by atomic mass is 10.0. The molecule has 3 aromatic heterocycles. The number of carbonyl (C=O) groups is 1. The molecule has 1 saturated heterocycles. The van der Waals surface area contributed by atoms with Crippen LogP contribution in [0.4, 0.5) is 20.3 Å². The fraction of sp³-hybridized carbons (Fsp3) is 0.407. The first-order valence-electron chi connectivity index (χ1n) is 13.1. The van der Waals surface area contributed by atoms with E-state index in [1.807, 2.05) is 50.8 Å². The third kappa shape index (κ3) is 5.38. The van der Waals surface area contributed by atoms with E-state index in [-0.39, 0.29) is 11.6 Å². The highest BCUT2D eigenvalue weighted by Crippen LogP contribution is 2.32. The van der Waals surface area contributed by atoms with Crippen LogP contribution in [0, 0.1) is 0 Å². The smallest absolute Gasteiger partial charge is 0.282 e. The van der Waals surface area contributed by atoms with Gasteiger partial charge in [0.1, 0.15) is 5.69 Å². The quantitative estimate of drug-likeness (QED) is 0.356. The minimum absolute atomic E-state index is 0.0421. The Kier molecular flexibility index (Phi) is 8.67. The van der Waals surface area contributed by atoms with E-state index in [0.29, 0.717) is 54.3 Å². The Balaban J connectivity index is 0.00000164. The van der Waals surface area contributed by atoms with Crippen molar-refractivity contribution in [3.05, 3.63) is 59.8 Å². The fourth-order valence-corrected chi connectivity index (χ4v) is 4.51. The number of carbonyl (C=O) groups excluding carboxylic acids is 1. The van der Waals surface area contributed by atoms with Crippen LogP contribution in [0.25, 0.3) is 16.9 Å². The van der Waals surface area contributed by atoms with Crippen LogP contribution in [-0.2, 0) is 13.0 Å². The highest BCUT2D eigenvalue weighted by atomic mass is 19.3. The second-order valence-electron chi connectivity index (χ2n) is 8.59. The lowest BCUT2D eigenvalue weighted by Gasteiger charge is -2.28. The molecule has 0 unspecified atom stereocenters. The van der Waals surface area contributed by atoms with Crippen molar-refractivity contribution >= 4 is 23.1 Å². The largest absolute Gasteiger partial charge is 0.337 e. The minimum Gasteiger partial charge on any atom is -0.337 e. The number of rotatable bonds is 7. The van der Waals surface area contributed by atoms with Gasteiger partial charge in [-0.1, -0.05) is 20.8 Å². The molecule has 4 heterocycles. The van der Waals surface area contributed by atoms with Crippen LogP contribution < -0.4 is 10.6 Å². The topological polar surface area (TPSA) is 92.4 Å². The summed E-state index contributed by atoms with van der Waals surface area (Å²) in [5, 5.41) is 10.6. The zero-order valence-corrected chi connectivity index (χ0v) is 22.2. The molecule has 1 aliphatic heterocycles. The molecule has 0 bridgehead atoms. The summed E-state index contributed by atoms with van der Waals surface area (Å²) in [5.41, 5.74) is 3.47. The van der Waals surface area contributed by atoms with E-state index in [2.05, 4.69) is 25.7 Å². The second kappa shape index (κ2) is 12.1. The molecule has 1 fully saturated rings. The molecule has 4 aromatic rings. The zero-order valence-electron chi connectivity index (χ0n) is 22.2. The zero-order chi connectivity index (χ0) is 27.2. The molecule has 5 rings (SSSR count). The monoisotopic (exact) mass is 524 g/mol. The summed E-state index contributed by atoms with van der Waals surface area (Å²) < 4.78 is 30.5. The standard InChI is InChI=1S/C25H28F2N8O.C2H6/c1-3-16-13-17(5-6-18(16)25(36)33-10-7-28-8-11-33)31-23-24-30-14-20(35(24)12-9-29-23)19-15-34(4-2)32-21(19)22(26)27;1-2/h5-6,9,12-15,22,28H,3-4,7-8,10-11H2,1-2H3,(H,29,31);1-2H3. The van der Waals surface area contributed by atoms with Gasteiger partial charge in [0.15, 0.2) is 11.5 Å². The summed E-state index contributed by atoms with van der Waals surface area (Å²) in [5.74, 6) is 0.522. The summed E-state index contributed by atoms with van der Waals surface area (Å²) in [7, 11) is 0. The number of benzene rings is 1. The Morgan fingerprint density at radius 3 is 2.61 bits per heavy atom. The minimum atomic E-state index is -2.70. The predicted octanol–water partition coefficient (Wildman–Crippen LogP) is 4.93. The van der Waals surface area contributed by atoms with Crippen LogP contribution in [0.1, 0.15) is 55.7 Å². The average molecular weight is 525 g/mol. The maximum atomic E-state index is 13.7. The highest BCUT2D eigenvalue weighted by molar-refractivity contribution is 5.96. The number of nitrogens with zero attached hydrogens (tertiary/aromatic N) is 6. The van der Waals surface area contributed by atoms with Gasteiger partial charge in [-0.25, -0.2) is 18.7 Å². The molecule has 9 nitrogen and oxygen atoms in total. The molecule has 0 radical (unpaired) electrons. The van der Waals surface area contributed by atoms with Gasteiger partial charge in [-0.15, -0.1) is 0 Å². The summed E-state index contributed by atoms with van der Waals surface area (Å²) in [4.78, 5) is 23.8. The van der Waals surface area contributed by atoms with E-state index < -0.39 is 6.43 Å². The van der Waals surface area contributed by atoms with Gasteiger partial charge >= 0.3 is 0 Å². The highest BCUT2D eigenvalue weighted by Gasteiger charge is 2.23. The summed E-state index contributed by atoms with van der Waals surface area (Å²) >= 11 is 0. The van der Waals surface area contributed by atoms with E-state index in [0.717, 1.165) is 24.3 Å². The Bertz CT molecular complexity index is 1390. The van der Waals surface area contributed by atoms with Gasteiger partial charge in [0, 0.05) is 68.1 Å². The third-order valence-electron chi connectivity index (χ3n) is 6.41. The van der Waals surface area contributed by atoms with Gasteiger partial charge in [0.2, 0.25) is 0 Å². The molecule has 0 atom stereocenters. The predicted molar refractivity (Wildman–Crippen MR) is 144 cm³/mol. The number of halogens is 2. The van der Waals surface area contributed by atoms with Crippen LogP contribution in [0.5, 0.6) is 0 Å². The van der Waals surface area contributed by atoms with Gasteiger partial charge in [-0.2, -0.15) is 5.10 Å². The number of piperazine rings is 1. The van der Waals surface area contributed by atoms with E-state index in [4.69, 9.17) is 0 Å². The summed E-state index contributed by atoms with van der Waals surface area (Å²) in [6.45, 7) is 11.3. The van der Waals surface area contributed by atoms with Gasteiger partial charge in [0.25, 0.3) is 12.3 Å². The normalized spacial score (nSPS) is 13.5. The molecule has 1 aliphatic rings. The summed E-state index contributed by atoms with van der Waals surface area (Å²) in [6, 6.07) is 5.64. The first-order chi connectivity index (χ1) is 18.5. The second-order valence-corrected chi connectivity index (χ2v) is 8.59. The number of nitrogens with one attached hydrogen (secondary N) is 2. The molecule has 0 saturated carbocycles. The van der Waals surface area contributed by atoms with E-state index >= 15 is 0 Å². The molecule has 2 N–H and O–H groups in total. The van der Waals surface area contributed by atoms with Gasteiger partial charge in [-0.3, -0.25) is 13.9 Å². The molecular formula is C27H34F2N8O. The van der Waals surface area contributed by atoms with Crippen molar-refractivity contribution in [3.63, 3.8) is 0 Å². The SMILES string of the molecule is CC.CCc1cc(Nc2nccn3c(-c4cn(CC)nc4C(F)F)cnc23)ccc1C(=O)N1CCNCC1. The van der Waals surface area contributed by atoms with E-state index in [9.17, 15) is 13.6 Å². The van der Waals surface area contributed by atoms with Crippen molar-refractivity contribution < 1.29 is 13.6 Å². The molecule has 1 aromatic carbocycles. The van der Waals surface area contributed by atoms with Crippen LogP contribution in [0.3, 0.4) is 0 Å². The Labute approximate surface area is 220 Å². The lowest BCUT2D eigenvalue weighted by molar-refractivity contribution is 0.0734. The van der Waals surface area contributed by atoms with E-state index in [1.54, 1.807) is 29.2 Å². The molecule has 1 amide bonds. The maximum Gasteiger partial charge on any atom is 0.282 e. The Morgan fingerprint density at radius 1 is 1.16 bits per heavy atom. The van der Waals surface area contributed by atoms with Crippen molar-refractivity contribution in [3.8, 4) is 11.3 Å². The number of alkyl halides is 2. The van der Waals surface area contributed by atoms with Gasteiger partial charge in [0.05, 0.1) is 11.9 Å². The molecule has 0 spiro atoms. The molecular weight excluding hydrogens is 490 g/mol. The molecule has 0 aliphatic carbocycles. The number of hydrogen-bond donors (Lipinski definition) is 2. The van der Waals surface area contributed by atoms with Gasteiger partial charge in [-0.05, 0) is 37.1 Å². The molecule has 38 heavy (non-hydrogen) atoms. The Hall–Kier alpha value is -3.86. The third-order valence-corrected chi connectivity index (χ3v) is 6.41. The first-order valence-corrected chi connectivity index (χ1v) is 13.1. The van der Waals surface area contributed by atoms with Crippen LogP contribution in [-0.4, -0.2) is 61.1 Å². The summed E-state index contributed by atoms with van der Waals surface area (Å²) in [6.07, 6.45) is 4.45. The average Bonchev–Trinajstić information content (AvgIpc) is 3.59. The van der Waals surface area contributed by atoms with Crippen LogP contribution in [0.15, 0.2) is 43.0 Å². The van der Waals surface area contributed by atoms with E-state index in [1.165, 1.54) is 4.68 Å². The number of aromatic nitrogens is 5. The lowest BCUT2D eigenvalue weighted by Crippen LogP contribution is -2.46. The number of imidazole rings is 1. The first kappa shape index (κ1) is 27.2. The van der Waals surface area contributed by atoms with Crippen molar-refractivity contribution in [1.82, 2.24) is 34.4 Å². The van der Waals surface area contributed by atoms with Crippen molar-refractivity contribution in [2.75, 3.05) is 31.5 Å². The number of hydrogen-bond acceptors (Lipinski definition) is 6. The van der Waals surface area contributed by atoms with Crippen molar-refractivity contribution in [2.24, 2.45) is 0 Å². The van der Waals surface area contributed by atoms with Crippen LogP contribution >= 0.6 is 0 Å². The molecule has 11 heteroatoms. The van der Waals surface area contributed by atoms with Gasteiger partial charge < -0.3 is 15.5 Å². The van der Waals surface area contributed by atoms with Crippen LogP contribution in [0.2, 0.25) is 0 Å². The maximum absolute atomic E-state index is 13.7. The fourth-order valence-electron chi connectivity index (χ4n) is 4.51. The number of anilines is 2. The van der Waals surface area contributed by atoms with Crippen molar-refractivity contribution in [2.45, 2.75) is 47.1 Å². The van der Waals surface area contributed by atoms with Crippen molar-refractivity contribution in [1.29, 1.82) is 0 Å².